The van der Waals surface area contributed by atoms with Crippen LogP contribution in [0.5, 0.6) is 0 Å². The van der Waals surface area contributed by atoms with E-state index in [2.05, 4.69) is 30.7 Å². The minimum Gasteiger partial charge on any atom is -0.383 e. The van der Waals surface area contributed by atoms with Crippen molar-refractivity contribution in [1.82, 2.24) is 14.4 Å². The number of thiazole rings is 1. The third-order valence-corrected chi connectivity index (χ3v) is 3.86. The molecular formula is C14H16N4S. The van der Waals surface area contributed by atoms with Gasteiger partial charge in [-0.05, 0) is 12.1 Å². The summed E-state index contributed by atoms with van der Waals surface area (Å²) in [5.74, 6) is 0.712. The van der Waals surface area contributed by atoms with Crippen molar-refractivity contribution in [3.8, 4) is 11.4 Å². The lowest BCUT2D eigenvalue weighted by atomic mass is 9.92. The van der Waals surface area contributed by atoms with Crippen molar-refractivity contribution in [2.45, 2.75) is 26.2 Å². The van der Waals surface area contributed by atoms with E-state index in [-0.39, 0.29) is 5.41 Å². The number of nitrogens with two attached hydrogens (primary N) is 1. The molecule has 0 fully saturated rings. The fourth-order valence-electron chi connectivity index (χ4n) is 2.13. The van der Waals surface area contributed by atoms with Gasteiger partial charge < -0.3 is 5.73 Å². The highest BCUT2D eigenvalue weighted by Gasteiger charge is 2.24. The van der Waals surface area contributed by atoms with Gasteiger partial charge in [0.25, 0.3) is 0 Å². The Morgan fingerprint density at radius 2 is 2.05 bits per heavy atom. The molecule has 3 aromatic rings. The summed E-state index contributed by atoms with van der Waals surface area (Å²) in [7, 11) is 0. The summed E-state index contributed by atoms with van der Waals surface area (Å²) in [5, 5.41) is 2.05. The smallest absolute Gasteiger partial charge is 0.196 e. The Labute approximate surface area is 115 Å². The van der Waals surface area contributed by atoms with E-state index in [0.717, 1.165) is 22.0 Å². The monoisotopic (exact) mass is 272 g/mol. The van der Waals surface area contributed by atoms with Crippen LogP contribution in [0.3, 0.4) is 0 Å². The number of aromatic nitrogens is 3. The molecular weight excluding hydrogens is 256 g/mol. The molecule has 3 aromatic heterocycles. The van der Waals surface area contributed by atoms with Gasteiger partial charge in [-0.15, -0.1) is 11.3 Å². The van der Waals surface area contributed by atoms with Gasteiger partial charge in [-0.1, -0.05) is 26.8 Å². The number of hydrogen-bond acceptors (Lipinski definition) is 4. The highest BCUT2D eigenvalue weighted by molar-refractivity contribution is 7.15. The number of rotatable bonds is 1. The maximum Gasteiger partial charge on any atom is 0.196 e. The minimum atomic E-state index is -0.0583. The molecule has 0 saturated carbocycles. The lowest BCUT2D eigenvalue weighted by molar-refractivity contribution is 0.576. The first-order chi connectivity index (χ1) is 8.98. The molecule has 3 rings (SSSR count). The Bertz CT molecular complexity index is 719. The maximum atomic E-state index is 6.29. The summed E-state index contributed by atoms with van der Waals surface area (Å²) >= 11 is 1.59. The lowest BCUT2D eigenvalue weighted by Gasteiger charge is -2.16. The molecule has 19 heavy (non-hydrogen) atoms. The van der Waals surface area contributed by atoms with E-state index in [4.69, 9.17) is 5.73 Å². The van der Waals surface area contributed by atoms with Gasteiger partial charge in [-0.3, -0.25) is 9.38 Å². The Morgan fingerprint density at radius 3 is 2.68 bits per heavy atom. The Kier molecular flexibility index (Phi) is 2.60. The molecule has 0 spiro atoms. The molecule has 0 unspecified atom stereocenters. The maximum absolute atomic E-state index is 6.29. The predicted octanol–water partition coefficient (Wildman–Crippen LogP) is 3.34. The number of imidazole rings is 1. The Morgan fingerprint density at radius 1 is 1.26 bits per heavy atom. The van der Waals surface area contributed by atoms with Crippen LogP contribution in [0.4, 0.5) is 5.82 Å². The summed E-state index contributed by atoms with van der Waals surface area (Å²) in [4.78, 5) is 9.96. The van der Waals surface area contributed by atoms with Crippen LogP contribution in [0.2, 0.25) is 0 Å². The molecule has 0 aliphatic carbocycles. The first kappa shape index (κ1) is 12.2. The number of nitrogen functional groups attached to an aromatic ring is 1. The molecule has 0 radical (unpaired) electrons. The second-order valence-corrected chi connectivity index (χ2v) is 6.39. The van der Waals surface area contributed by atoms with Crippen molar-refractivity contribution in [2.24, 2.45) is 0 Å². The van der Waals surface area contributed by atoms with Crippen LogP contribution in [0, 0.1) is 0 Å². The quantitative estimate of drug-likeness (QED) is 0.739. The van der Waals surface area contributed by atoms with Gasteiger partial charge in [0.1, 0.15) is 5.82 Å². The molecule has 0 bridgehead atoms. The molecule has 5 heteroatoms. The number of hydrogen-bond donors (Lipinski definition) is 1. The minimum absolute atomic E-state index is 0.0583. The van der Waals surface area contributed by atoms with E-state index in [0.29, 0.717) is 5.82 Å². The average Bonchev–Trinajstić information content (AvgIpc) is 2.91. The van der Waals surface area contributed by atoms with Crippen LogP contribution in [-0.2, 0) is 5.41 Å². The van der Waals surface area contributed by atoms with Crippen molar-refractivity contribution in [2.75, 3.05) is 5.73 Å². The molecule has 0 aliphatic heterocycles. The second-order valence-electron chi connectivity index (χ2n) is 5.55. The number of pyridine rings is 1. The summed E-state index contributed by atoms with van der Waals surface area (Å²) in [6.07, 6.45) is 1.79. The van der Waals surface area contributed by atoms with Gasteiger partial charge in [-0.2, -0.15) is 0 Å². The van der Waals surface area contributed by atoms with Gasteiger partial charge >= 0.3 is 0 Å². The van der Waals surface area contributed by atoms with Crippen molar-refractivity contribution in [1.29, 1.82) is 0 Å². The van der Waals surface area contributed by atoms with Gasteiger partial charge in [0, 0.05) is 17.0 Å². The molecule has 0 aromatic carbocycles. The predicted molar refractivity (Wildman–Crippen MR) is 79.4 cm³/mol. The first-order valence-electron chi connectivity index (χ1n) is 6.16. The zero-order chi connectivity index (χ0) is 13.6. The summed E-state index contributed by atoms with van der Waals surface area (Å²) < 4.78 is 1.99. The van der Waals surface area contributed by atoms with Crippen LogP contribution in [-0.4, -0.2) is 14.4 Å². The lowest BCUT2D eigenvalue weighted by Crippen LogP contribution is -2.14. The number of fused-ring (bicyclic) bond motifs is 1. The molecule has 0 amide bonds. The van der Waals surface area contributed by atoms with Crippen LogP contribution in [0.25, 0.3) is 16.3 Å². The largest absolute Gasteiger partial charge is 0.383 e. The van der Waals surface area contributed by atoms with Crippen molar-refractivity contribution >= 4 is 22.1 Å². The van der Waals surface area contributed by atoms with Crippen molar-refractivity contribution in [3.05, 3.63) is 35.5 Å². The zero-order valence-electron chi connectivity index (χ0n) is 11.2. The van der Waals surface area contributed by atoms with E-state index in [1.807, 2.05) is 28.0 Å². The van der Waals surface area contributed by atoms with Gasteiger partial charge in [-0.25, -0.2) is 4.98 Å². The average molecular weight is 272 g/mol. The highest BCUT2D eigenvalue weighted by Crippen LogP contribution is 2.34. The second kappa shape index (κ2) is 4.06. The molecule has 98 valence electrons. The fraction of sp³-hybridized carbons (Fsp3) is 0.286. The van der Waals surface area contributed by atoms with Gasteiger partial charge in [0.15, 0.2) is 4.96 Å². The van der Waals surface area contributed by atoms with E-state index in [1.165, 1.54) is 0 Å². The van der Waals surface area contributed by atoms with Crippen LogP contribution < -0.4 is 5.73 Å². The van der Waals surface area contributed by atoms with Crippen LogP contribution in [0.15, 0.2) is 29.8 Å². The van der Waals surface area contributed by atoms with Crippen LogP contribution in [0.1, 0.15) is 26.5 Å². The van der Waals surface area contributed by atoms with E-state index in [1.54, 1.807) is 17.5 Å². The fourth-order valence-corrected chi connectivity index (χ4v) is 3.02. The summed E-state index contributed by atoms with van der Waals surface area (Å²) in [5.41, 5.74) is 9.09. The molecule has 0 aliphatic rings. The molecule has 0 atom stereocenters. The summed E-state index contributed by atoms with van der Waals surface area (Å²) in [6, 6.07) is 5.87. The van der Waals surface area contributed by atoms with Crippen LogP contribution >= 0.6 is 11.3 Å². The highest BCUT2D eigenvalue weighted by atomic mass is 32.1. The van der Waals surface area contributed by atoms with E-state index in [9.17, 15) is 0 Å². The Balaban J connectivity index is 2.27. The molecule has 3 heterocycles. The normalized spacial score (nSPS) is 12.2. The molecule has 2 N–H and O–H groups in total. The van der Waals surface area contributed by atoms with Crippen molar-refractivity contribution < 1.29 is 0 Å². The van der Waals surface area contributed by atoms with E-state index >= 15 is 0 Å². The molecule has 4 nitrogen and oxygen atoms in total. The zero-order valence-corrected chi connectivity index (χ0v) is 12.0. The third-order valence-electron chi connectivity index (χ3n) is 3.04. The molecule has 0 saturated heterocycles. The van der Waals surface area contributed by atoms with E-state index < -0.39 is 0 Å². The van der Waals surface area contributed by atoms with Crippen molar-refractivity contribution in [3.63, 3.8) is 0 Å². The number of nitrogens with zero attached hydrogens (tertiary/aromatic N) is 3. The summed E-state index contributed by atoms with van der Waals surface area (Å²) in [6.45, 7) is 6.36. The third kappa shape index (κ3) is 1.90. The van der Waals surface area contributed by atoms with Gasteiger partial charge in [0.05, 0.1) is 17.1 Å². The standard InChI is InChI=1S/C14H16N4S/c1-14(2,3)11-12(15)18-10(8-19-13(18)17-11)9-6-4-5-7-16-9/h4-8H,15H2,1-3H3. The number of anilines is 1. The SMILES string of the molecule is CC(C)(C)c1nc2scc(-c3ccccn3)n2c1N. The Hall–Kier alpha value is -1.88. The topological polar surface area (TPSA) is 56.2 Å². The first-order valence-corrected chi connectivity index (χ1v) is 7.04. The van der Waals surface area contributed by atoms with Gasteiger partial charge in [0.2, 0.25) is 0 Å².